The number of nitrogens with zero attached hydrogens (tertiary/aromatic N) is 2. The molecule has 3 aromatic carbocycles. The molecule has 0 aliphatic carbocycles. The van der Waals surface area contributed by atoms with Crippen LogP contribution in [0.2, 0.25) is 0 Å². The van der Waals surface area contributed by atoms with Gasteiger partial charge in [-0.3, -0.25) is 14.9 Å². The van der Waals surface area contributed by atoms with Crippen molar-refractivity contribution in [1.29, 1.82) is 0 Å². The standard InChI is InChI=1S/C20H17N3O5/c1-27-19-11-6-14-4-2-3-5-17(14)18(19)12-21-22-20(24)13-28-16-9-7-15(8-10-16)23(25)26/h2-12H,13H2,1H3,(H,22,24)/b21-12+. The molecule has 28 heavy (non-hydrogen) atoms. The Hall–Kier alpha value is -3.94. The number of hydrazone groups is 1. The molecule has 3 rings (SSSR count). The van der Waals surface area contributed by atoms with Crippen molar-refractivity contribution < 1.29 is 19.2 Å². The van der Waals surface area contributed by atoms with Gasteiger partial charge in [-0.1, -0.05) is 30.3 Å². The minimum Gasteiger partial charge on any atom is -0.496 e. The Bertz CT molecular complexity index is 1030. The van der Waals surface area contributed by atoms with Crippen LogP contribution >= 0.6 is 0 Å². The van der Waals surface area contributed by atoms with Crippen molar-refractivity contribution in [3.63, 3.8) is 0 Å². The number of non-ortho nitro benzene ring substituents is 1. The van der Waals surface area contributed by atoms with Crippen LogP contribution in [-0.4, -0.2) is 30.8 Å². The number of methoxy groups -OCH3 is 1. The molecular formula is C20H17N3O5. The van der Waals surface area contributed by atoms with E-state index in [4.69, 9.17) is 9.47 Å². The summed E-state index contributed by atoms with van der Waals surface area (Å²) in [6.07, 6.45) is 1.52. The summed E-state index contributed by atoms with van der Waals surface area (Å²) in [5.41, 5.74) is 3.09. The van der Waals surface area contributed by atoms with Crippen LogP contribution in [0.25, 0.3) is 10.8 Å². The molecule has 0 aliphatic heterocycles. The summed E-state index contributed by atoms with van der Waals surface area (Å²) >= 11 is 0. The quantitative estimate of drug-likeness (QED) is 0.385. The fourth-order valence-electron chi connectivity index (χ4n) is 2.60. The maximum atomic E-state index is 11.9. The fraction of sp³-hybridized carbons (Fsp3) is 0.100. The zero-order valence-electron chi connectivity index (χ0n) is 15.0. The minimum absolute atomic E-state index is 0.0505. The summed E-state index contributed by atoms with van der Waals surface area (Å²) in [6.45, 7) is -0.276. The minimum atomic E-state index is -0.507. The molecule has 0 saturated heterocycles. The molecule has 0 aliphatic rings. The van der Waals surface area contributed by atoms with Gasteiger partial charge in [0.15, 0.2) is 6.61 Å². The Balaban J connectivity index is 1.62. The molecule has 0 fully saturated rings. The molecule has 3 aromatic rings. The van der Waals surface area contributed by atoms with Crippen molar-refractivity contribution in [1.82, 2.24) is 5.43 Å². The molecule has 0 saturated carbocycles. The van der Waals surface area contributed by atoms with Gasteiger partial charge < -0.3 is 9.47 Å². The predicted molar refractivity (Wildman–Crippen MR) is 105 cm³/mol. The molecule has 1 amide bonds. The van der Waals surface area contributed by atoms with Crippen LogP contribution in [0.15, 0.2) is 65.8 Å². The molecule has 1 N–H and O–H groups in total. The molecule has 0 heterocycles. The lowest BCUT2D eigenvalue weighted by Crippen LogP contribution is -2.24. The van der Waals surface area contributed by atoms with Crippen LogP contribution in [0, 0.1) is 10.1 Å². The van der Waals surface area contributed by atoms with Crippen LogP contribution in [0.5, 0.6) is 11.5 Å². The van der Waals surface area contributed by atoms with Crippen molar-refractivity contribution in [2.75, 3.05) is 13.7 Å². The lowest BCUT2D eigenvalue weighted by molar-refractivity contribution is -0.384. The van der Waals surface area contributed by atoms with E-state index in [-0.39, 0.29) is 12.3 Å². The number of rotatable bonds is 7. The summed E-state index contributed by atoms with van der Waals surface area (Å²) in [4.78, 5) is 22.0. The zero-order valence-corrected chi connectivity index (χ0v) is 15.0. The number of nitrogens with one attached hydrogen (secondary N) is 1. The normalized spacial score (nSPS) is 10.8. The monoisotopic (exact) mass is 379 g/mol. The number of amides is 1. The molecule has 0 spiro atoms. The number of nitro groups is 1. The summed E-state index contributed by atoms with van der Waals surface area (Å²) in [5, 5.41) is 16.6. The number of benzene rings is 3. The SMILES string of the molecule is COc1ccc2ccccc2c1/C=N/NC(=O)COc1ccc([N+](=O)[O-])cc1. The second-order valence-electron chi connectivity index (χ2n) is 5.74. The van der Waals surface area contributed by atoms with E-state index < -0.39 is 10.8 Å². The smallest absolute Gasteiger partial charge is 0.277 e. The zero-order chi connectivity index (χ0) is 19.9. The molecule has 0 radical (unpaired) electrons. The van der Waals surface area contributed by atoms with Crippen LogP contribution < -0.4 is 14.9 Å². The maximum absolute atomic E-state index is 11.9. The van der Waals surface area contributed by atoms with Crippen LogP contribution in [0.3, 0.4) is 0 Å². The van der Waals surface area contributed by atoms with E-state index in [0.29, 0.717) is 11.5 Å². The van der Waals surface area contributed by atoms with Gasteiger partial charge in [0, 0.05) is 17.7 Å². The number of hydrogen-bond donors (Lipinski definition) is 1. The average Bonchev–Trinajstić information content (AvgIpc) is 2.72. The van der Waals surface area contributed by atoms with Gasteiger partial charge in [0.25, 0.3) is 11.6 Å². The number of nitro benzene ring substituents is 1. The molecule has 8 nitrogen and oxygen atoms in total. The van der Waals surface area contributed by atoms with Crippen LogP contribution in [0.1, 0.15) is 5.56 Å². The second kappa shape index (κ2) is 8.63. The lowest BCUT2D eigenvalue weighted by atomic mass is 10.0. The van der Waals surface area contributed by atoms with E-state index in [1.807, 2.05) is 36.4 Å². The first-order valence-electron chi connectivity index (χ1n) is 8.33. The molecule has 0 unspecified atom stereocenters. The van der Waals surface area contributed by atoms with E-state index in [2.05, 4.69) is 10.5 Å². The predicted octanol–water partition coefficient (Wildman–Crippen LogP) is 3.29. The third-order valence-corrected chi connectivity index (χ3v) is 3.95. The van der Waals surface area contributed by atoms with Gasteiger partial charge in [-0.25, -0.2) is 5.43 Å². The highest BCUT2D eigenvalue weighted by Gasteiger charge is 2.08. The first-order valence-corrected chi connectivity index (χ1v) is 8.33. The van der Waals surface area contributed by atoms with E-state index in [9.17, 15) is 14.9 Å². The molecule has 0 bridgehead atoms. The van der Waals surface area contributed by atoms with E-state index in [0.717, 1.165) is 16.3 Å². The van der Waals surface area contributed by atoms with Gasteiger partial charge in [-0.2, -0.15) is 5.10 Å². The third-order valence-electron chi connectivity index (χ3n) is 3.95. The first kappa shape index (κ1) is 18.8. The highest BCUT2D eigenvalue weighted by Crippen LogP contribution is 2.26. The lowest BCUT2D eigenvalue weighted by Gasteiger charge is -2.08. The number of ether oxygens (including phenoxy) is 2. The highest BCUT2D eigenvalue weighted by molar-refractivity contribution is 6.02. The topological polar surface area (TPSA) is 103 Å². The largest absolute Gasteiger partial charge is 0.496 e. The van der Waals surface area contributed by atoms with Crippen molar-refractivity contribution in [2.45, 2.75) is 0 Å². The summed E-state index contributed by atoms with van der Waals surface area (Å²) in [7, 11) is 1.57. The van der Waals surface area contributed by atoms with Gasteiger partial charge in [0.05, 0.1) is 18.2 Å². The van der Waals surface area contributed by atoms with Crippen molar-refractivity contribution >= 4 is 28.6 Å². The van der Waals surface area contributed by atoms with Gasteiger partial charge in [-0.05, 0) is 29.0 Å². The van der Waals surface area contributed by atoms with Gasteiger partial charge >= 0.3 is 0 Å². The third kappa shape index (κ3) is 4.42. The summed E-state index contributed by atoms with van der Waals surface area (Å²) < 4.78 is 10.7. The maximum Gasteiger partial charge on any atom is 0.277 e. The van der Waals surface area contributed by atoms with E-state index >= 15 is 0 Å². The number of carbonyl (C=O) groups is 1. The Labute approximate surface area is 160 Å². The number of hydrogen-bond acceptors (Lipinski definition) is 6. The molecular weight excluding hydrogens is 362 g/mol. The van der Waals surface area contributed by atoms with Gasteiger partial charge in [-0.15, -0.1) is 0 Å². The second-order valence-corrected chi connectivity index (χ2v) is 5.74. The highest BCUT2D eigenvalue weighted by atomic mass is 16.6. The molecule has 8 heteroatoms. The molecule has 142 valence electrons. The van der Waals surface area contributed by atoms with Gasteiger partial charge in [0.2, 0.25) is 0 Å². The summed E-state index contributed by atoms with van der Waals surface area (Å²) in [5.74, 6) is 0.521. The first-order chi connectivity index (χ1) is 13.6. The van der Waals surface area contributed by atoms with Crippen LogP contribution in [0.4, 0.5) is 5.69 Å². The Morgan fingerprint density at radius 3 is 2.61 bits per heavy atom. The average molecular weight is 379 g/mol. The Kier molecular flexibility index (Phi) is 5.81. The summed E-state index contributed by atoms with van der Waals surface area (Å²) in [6, 6.07) is 17.0. The van der Waals surface area contributed by atoms with Crippen LogP contribution in [-0.2, 0) is 4.79 Å². The van der Waals surface area contributed by atoms with Crippen molar-refractivity contribution in [3.8, 4) is 11.5 Å². The van der Waals surface area contributed by atoms with Gasteiger partial charge in [0.1, 0.15) is 11.5 Å². The van der Waals surface area contributed by atoms with E-state index in [1.54, 1.807) is 7.11 Å². The Morgan fingerprint density at radius 2 is 1.89 bits per heavy atom. The molecule has 0 aromatic heterocycles. The fourth-order valence-corrected chi connectivity index (χ4v) is 2.60. The van der Waals surface area contributed by atoms with E-state index in [1.165, 1.54) is 30.5 Å². The van der Waals surface area contributed by atoms with Crippen molar-refractivity contribution in [2.24, 2.45) is 5.10 Å². The Morgan fingerprint density at radius 1 is 1.14 bits per heavy atom. The number of fused-ring (bicyclic) bond motifs is 1. The number of carbonyl (C=O) groups excluding carboxylic acids is 1. The molecule has 0 atom stereocenters. The van der Waals surface area contributed by atoms with Crippen molar-refractivity contribution in [3.05, 3.63) is 76.3 Å².